The second-order valence-corrected chi connectivity index (χ2v) is 4.09. The maximum Gasteiger partial charge on any atom is 0.137 e. The van der Waals surface area contributed by atoms with Crippen LogP contribution >= 0.6 is 21.6 Å². The number of hydrogen-bond donors (Lipinski definition) is 1. The third-order valence-electron chi connectivity index (χ3n) is 0.901. The highest BCUT2D eigenvalue weighted by Gasteiger charge is 2.01. The molecule has 0 saturated carbocycles. The number of carbonyl (C=O) groups excluding carboxylic acids is 1. The zero-order valence-corrected chi connectivity index (χ0v) is 7.22. The molecule has 0 spiro atoms. The Balaban J connectivity index is 3.20. The van der Waals surface area contributed by atoms with Gasteiger partial charge in [0.15, 0.2) is 0 Å². The minimum Gasteiger partial charge on any atom is -0.310 e. The second kappa shape index (κ2) is 6.45. The highest BCUT2D eigenvalue weighted by Crippen LogP contribution is 2.16. The van der Waals surface area contributed by atoms with Crippen LogP contribution in [0.5, 0.6) is 0 Å². The molecule has 0 radical (unpaired) electrons. The zero-order valence-electron chi connectivity index (χ0n) is 5.59. The Morgan fingerprint density at radius 2 is 2.44 bits per heavy atom. The summed E-state index contributed by atoms with van der Waals surface area (Å²) in [6.07, 6.45) is 2.94. The summed E-state index contributed by atoms with van der Waals surface area (Å²) in [6, 6.07) is 0.0162. The molecule has 0 aromatic carbocycles. The highest BCUT2D eigenvalue weighted by molar-refractivity contribution is 8.76. The van der Waals surface area contributed by atoms with Gasteiger partial charge in [0, 0.05) is 5.75 Å². The van der Waals surface area contributed by atoms with Crippen LogP contribution in [0.15, 0.2) is 0 Å². The Morgan fingerprint density at radius 1 is 1.78 bits per heavy atom. The van der Waals surface area contributed by atoms with Crippen LogP contribution in [-0.2, 0) is 4.79 Å². The van der Waals surface area contributed by atoms with Crippen molar-refractivity contribution >= 4 is 27.9 Å². The number of carbonyl (C=O) groups is 1. The average Bonchev–Trinajstić information content (AvgIpc) is 1.91. The number of aldehydes is 1. The highest BCUT2D eigenvalue weighted by atomic mass is 33.1. The Bertz CT molecular complexity index is 79.4. The minimum atomic E-state index is 0.0162. The van der Waals surface area contributed by atoms with Gasteiger partial charge in [-0.05, 0) is 13.3 Å². The van der Waals surface area contributed by atoms with Gasteiger partial charge in [0.25, 0.3) is 0 Å². The normalized spacial score (nSPS) is 13.1. The van der Waals surface area contributed by atoms with Gasteiger partial charge in [-0.15, -0.1) is 0 Å². The summed E-state index contributed by atoms with van der Waals surface area (Å²) in [7, 11) is 5.16. The summed E-state index contributed by atoms with van der Waals surface area (Å²) >= 11 is 0. The first-order chi connectivity index (χ1) is 4.35. The molecule has 1 N–H and O–H groups in total. The fraction of sp³-hybridized carbons (Fsp3) is 0.800. The predicted molar refractivity (Wildman–Crippen MR) is 44.9 cm³/mol. The SMILES string of the molecule is CNC(C=O)CSSC. The molecule has 0 aliphatic rings. The van der Waals surface area contributed by atoms with Gasteiger partial charge in [-0.25, -0.2) is 0 Å². The summed E-state index contributed by atoms with van der Waals surface area (Å²) in [4.78, 5) is 10.2. The van der Waals surface area contributed by atoms with E-state index in [9.17, 15) is 4.79 Å². The molecule has 4 heteroatoms. The van der Waals surface area contributed by atoms with E-state index < -0.39 is 0 Å². The Kier molecular flexibility index (Phi) is 6.69. The zero-order chi connectivity index (χ0) is 7.11. The Hall–Kier alpha value is 0.330. The van der Waals surface area contributed by atoms with Crippen LogP contribution in [0.4, 0.5) is 0 Å². The lowest BCUT2D eigenvalue weighted by Gasteiger charge is -2.04. The largest absolute Gasteiger partial charge is 0.310 e. The Morgan fingerprint density at radius 3 is 2.78 bits per heavy atom. The summed E-state index contributed by atoms with van der Waals surface area (Å²) < 4.78 is 0. The molecule has 0 aliphatic carbocycles. The topological polar surface area (TPSA) is 29.1 Å². The van der Waals surface area contributed by atoms with E-state index in [0.29, 0.717) is 0 Å². The molecule has 1 unspecified atom stereocenters. The van der Waals surface area contributed by atoms with E-state index in [0.717, 1.165) is 12.0 Å². The van der Waals surface area contributed by atoms with Crippen LogP contribution in [0.3, 0.4) is 0 Å². The Labute approximate surface area is 63.6 Å². The average molecular weight is 165 g/mol. The van der Waals surface area contributed by atoms with E-state index in [1.807, 2.05) is 6.26 Å². The van der Waals surface area contributed by atoms with E-state index in [-0.39, 0.29) is 6.04 Å². The van der Waals surface area contributed by atoms with Crippen LogP contribution in [0.2, 0.25) is 0 Å². The van der Waals surface area contributed by atoms with Crippen molar-refractivity contribution in [2.75, 3.05) is 19.1 Å². The quantitative estimate of drug-likeness (QED) is 0.481. The van der Waals surface area contributed by atoms with Crippen LogP contribution in [0, 0.1) is 0 Å². The van der Waals surface area contributed by atoms with Gasteiger partial charge >= 0.3 is 0 Å². The van der Waals surface area contributed by atoms with Crippen LogP contribution in [0.1, 0.15) is 0 Å². The number of hydrogen-bond acceptors (Lipinski definition) is 4. The fourth-order valence-electron chi connectivity index (χ4n) is 0.332. The van der Waals surface area contributed by atoms with Crippen molar-refractivity contribution in [3.63, 3.8) is 0 Å². The maximum atomic E-state index is 10.2. The van der Waals surface area contributed by atoms with Gasteiger partial charge in [0.1, 0.15) is 6.29 Å². The molecule has 0 amide bonds. The van der Waals surface area contributed by atoms with Crippen LogP contribution < -0.4 is 5.32 Å². The van der Waals surface area contributed by atoms with E-state index in [4.69, 9.17) is 0 Å². The van der Waals surface area contributed by atoms with E-state index in [1.165, 1.54) is 0 Å². The molecule has 0 aromatic rings. The molecular weight excluding hydrogens is 154 g/mol. The lowest BCUT2D eigenvalue weighted by molar-refractivity contribution is -0.109. The summed E-state index contributed by atoms with van der Waals surface area (Å²) in [5.41, 5.74) is 0. The van der Waals surface area contributed by atoms with Crippen LogP contribution in [-0.4, -0.2) is 31.4 Å². The van der Waals surface area contributed by atoms with Crippen LogP contribution in [0.25, 0.3) is 0 Å². The van der Waals surface area contributed by atoms with Gasteiger partial charge < -0.3 is 10.1 Å². The molecule has 0 bridgehead atoms. The van der Waals surface area contributed by atoms with Crippen molar-refractivity contribution < 1.29 is 4.79 Å². The number of nitrogens with one attached hydrogen (secondary N) is 1. The third-order valence-corrected chi connectivity index (χ3v) is 2.75. The maximum absolute atomic E-state index is 10.2. The summed E-state index contributed by atoms with van der Waals surface area (Å²) in [5, 5.41) is 2.88. The lowest BCUT2D eigenvalue weighted by Crippen LogP contribution is -2.28. The molecule has 2 nitrogen and oxygen atoms in total. The second-order valence-electron chi connectivity index (χ2n) is 1.48. The standard InChI is InChI=1S/C5H11NOS2/c1-6-5(3-7)4-9-8-2/h3,5-6H,4H2,1-2H3. The van der Waals surface area contributed by atoms with Crippen molar-refractivity contribution in [3.8, 4) is 0 Å². The lowest BCUT2D eigenvalue weighted by atomic mass is 10.4. The molecule has 54 valence electrons. The predicted octanol–water partition coefficient (Wildman–Crippen LogP) is 0.784. The van der Waals surface area contributed by atoms with Crippen molar-refractivity contribution in [1.29, 1.82) is 0 Å². The van der Waals surface area contributed by atoms with E-state index in [1.54, 1.807) is 28.6 Å². The molecule has 0 rings (SSSR count). The molecule has 0 saturated heterocycles. The van der Waals surface area contributed by atoms with Crippen molar-refractivity contribution in [1.82, 2.24) is 5.32 Å². The summed E-state index contributed by atoms with van der Waals surface area (Å²) in [6.45, 7) is 0. The third kappa shape index (κ3) is 4.81. The molecule has 0 aliphatic heterocycles. The smallest absolute Gasteiger partial charge is 0.137 e. The van der Waals surface area contributed by atoms with Gasteiger partial charge in [-0.3, -0.25) is 0 Å². The first-order valence-corrected chi connectivity index (χ1v) is 5.36. The molecule has 9 heavy (non-hydrogen) atoms. The first-order valence-electron chi connectivity index (χ1n) is 2.63. The number of likely N-dealkylation sites (N-methyl/N-ethyl adjacent to an activating group) is 1. The molecular formula is C5H11NOS2. The van der Waals surface area contributed by atoms with Gasteiger partial charge in [-0.1, -0.05) is 21.6 Å². The fourth-order valence-corrected chi connectivity index (χ4v) is 1.71. The van der Waals surface area contributed by atoms with Crippen molar-refractivity contribution in [2.45, 2.75) is 6.04 Å². The van der Waals surface area contributed by atoms with Gasteiger partial charge in [0.05, 0.1) is 6.04 Å². The molecule has 0 heterocycles. The minimum absolute atomic E-state index is 0.0162. The first kappa shape index (κ1) is 9.33. The molecule has 0 fully saturated rings. The number of rotatable bonds is 5. The summed E-state index contributed by atoms with van der Waals surface area (Å²) in [5.74, 6) is 0.848. The van der Waals surface area contributed by atoms with Crippen molar-refractivity contribution in [3.05, 3.63) is 0 Å². The van der Waals surface area contributed by atoms with E-state index >= 15 is 0 Å². The van der Waals surface area contributed by atoms with Gasteiger partial charge in [0.2, 0.25) is 0 Å². The molecule has 1 atom stereocenters. The molecule has 0 aromatic heterocycles. The van der Waals surface area contributed by atoms with Crippen molar-refractivity contribution in [2.24, 2.45) is 0 Å². The monoisotopic (exact) mass is 165 g/mol. The van der Waals surface area contributed by atoms with Gasteiger partial charge in [-0.2, -0.15) is 0 Å². The van der Waals surface area contributed by atoms with E-state index in [2.05, 4.69) is 5.32 Å².